The van der Waals surface area contributed by atoms with Crippen LogP contribution in [0.4, 0.5) is 34.1 Å². The van der Waals surface area contributed by atoms with Crippen molar-refractivity contribution in [1.82, 2.24) is 0 Å². The minimum atomic E-state index is -0.519. The van der Waals surface area contributed by atoms with Gasteiger partial charge in [-0.2, -0.15) is 0 Å². The third kappa shape index (κ3) is 5.08. The second-order valence-corrected chi connectivity index (χ2v) is 17.2. The van der Waals surface area contributed by atoms with Crippen LogP contribution in [0.25, 0.3) is 55.3 Å². The Balaban J connectivity index is 1.00. The van der Waals surface area contributed by atoms with Gasteiger partial charge >= 0.3 is 0 Å². The fraction of sp³-hybridized carbons (Fsp3) is 0.0164. The van der Waals surface area contributed by atoms with Gasteiger partial charge in [-0.15, -0.1) is 0 Å². The van der Waals surface area contributed by atoms with E-state index in [1.165, 1.54) is 33.4 Å². The summed E-state index contributed by atoms with van der Waals surface area (Å²) in [4.78, 5) is 4.77. The molecule has 0 fully saturated rings. The normalized spacial score (nSPS) is 13.4. The number of rotatable bonds is 5. The van der Waals surface area contributed by atoms with E-state index in [0.29, 0.717) is 0 Å². The molecule has 1 spiro atoms. The lowest BCUT2D eigenvalue weighted by Crippen LogP contribution is -2.37. The molecule has 0 amide bonds. The predicted molar refractivity (Wildman–Crippen MR) is 265 cm³/mol. The fourth-order valence-corrected chi connectivity index (χ4v) is 11.2. The van der Waals surface area contributed by atoms with Gasteiger partial charge in [0.15, 0.2) is 17.1 Å². The zero-order chi connectivity index (χ0) is 42.6. The van der Waals surface area contributed by atoms with Gasteiger partial charge in [0.25, 0.3) is 0 Å². The van der Waals surface area contributed by atoms with Gasteiger partial charge in [0.1, 0.15) is 5.58 Å². The third-order valence-corrected chi connectivity index (χ3v) is 13.8. The zero-order valence-electron chi connectivity index (χ0n) is 35.2. The molecule has 10 aromatic carbocycles. The molecule has 0 saturated carbocycles. The molecule has 3 heterocycles. The molecule has 1 aromatic heterocycles. The Morgan fingerprint density at radius 3 is 1.72 bits per heavy atom. The van der Waals surface area contributed by atoms with Crippen LogP contribution < -0.4 is 14.5 Å². The van der Waals surface area contributed by atoms with E-state index in [-0.39, 0.29) is 0 Å². The molecule has 0 saturated heterocycles. The molecule has 0 unspecified atom stereocenters. The minimum Gasteiger partial charge on any atom is -0.454 e. The minimum absolute atomic E-state index is 0.519. The van der Waals surface area contributed by atoms with Crippen LogP contribution >= 0.6 is 0 Å². The Morgan fingerprint density at radius 1 is 0.385 bits per heavy atom. The van der Waals surface area contributed by atoms with E-state index in [9.17, 15) is 0 Å². The molecule has 304 valence electrons. The lowest BCUT2D eigenvalue weighted by Gasteiger charge is -2.47. The molecule has 14 rings (SSSR count). The van der Waals surface area contributed by atoms with E-state index in [4.69, 9.17) is 9.15 Å². The number of hydrogen-bond acceptors (Lipinski definition) is 4. The van der Waals surface area contributed by atoms with Crippen LogP contribution in [0.3, 0.4) is 0 Å². The van der Waals surface area contributed by atoms with Crippen LogP contribution in [0.5, 0.6) is 11.5 Å². The summed E-state index contributed by atoms with van der Waals surface area (Å²) in [5, 5.41) is 2.15. The van der Waals surface area contributed by atoms with Crippen molar-refractivity contribution in [3.63, 3.8) is 0 Å². The first-order chi connectivity index (χ1) is 32.2. The van der Waals surface area contributed by atoms with E-state index in [1.54, 1.807) is 0 Å². The number of furan rings is 1. The van der Waals surface area contributed by atoms with Crippen LogP contribution in [0.2, 0.25) is 0 Å². The van der Waals surface area contributed by atoms with Gasteiger partial charge in [-0.3, -0.25) is 0 Å². The Morgan fingerprint density at radius 2 is 0.985 bits per heavy atom. The first-order valence-electron chi connectivity index (χ1n) is 22.2. The molecule has 4 heteroatoms. The van der Waals surface area contributed by atoms with Crippen molar-refractivity contribution in [3.05, 3.63) is 253 Å². The largest absolute Gasteiger partial charge is 0.454 e. The molecule has 3 aliphatic rings. The molecule has 0 N–H and O–H groups in total. The topological polar surface area (TPSA) is 28.9 Å². The second kappa shape index (κ2) is 13.7. The lowest BCUT2D eigenvalue weighted by atomic mass is 9.64. The molecular formula is C61H38N2O2. The van der Waals surface area contributed by atoms with Crippen LogP contribution in [-0.4, -0.2) is 0 Å². The summed E-state index contributed by atoms with van der Waals surface area (Å²) in [5.74, 6) is 1.60. The molecule has 0 atom stereocenters. The third-order valence-electron chi connectivity index (χ3n) is 13.8. The van der Waals surface area contributed by atoms with Crippen LogP contribution in [-0.2, 0) is 5.41 Å². The molecule has 1 aliphatic carbocycles. The summed E-state index contributed by atoms with van der Waals surface area (Å²) < 4.78 is 14.0. The summed E-state index contributed by atoms with van der Waals surface area (Å²) in [5.41, 5.74) is 19.4. The SMILES string of the molecule is c1ccc(-c2cc(-c3ccccc3)cc(N(c3ccc4c(c3)Oc3cccc5c3N4c3ccccc3C53c4ccccc4-c4ccccc43)c3cccc4c3oc3ccccc34)c2)cc1. The van der Waals surface area contributed by atoms with E-state index >= 15 is 0 Å². The van der Waals surface area contributed by atoms with Gasteiger partial charge in [-0.25, -0.2) is 0 Å². The maximum absolute atomic E-state index is 7.21. The van der Waals surface area contributed by atoms with Gasteiger partial charge in [0.2, 0.25) is 0 Å². The Hall–Kier alpha value is -8.60. The van der Waals surface area contributed by atoms with Gasteiger partial charge in [-0.05, 0) is 110 Å². The highest BCUT2D eigenvalue weighted by molar-refractivity contribution is 6.10. The average Bonchev–Trinajstić information content (AvgIpc) is 3.90. The van der Waals surface area contributed by atoms with Crippen LogP contribution in [0.15, 0.2) is 235 Å². The lowest BCUT2D eigenvalue weighted by molar-refractivity contribution is 0.474. The summed E-state index contributed by atoms with van der Waals surface area (Å²) in [7, 11) is 0. The standard InChI is InChI=1S/C61H38N2O2/c1-3-17-39(18-4-1)41-35-42(40-19-5-2-6-20-40)37-44(36-41)62(55-30-15-24-48-47-23-9-14-31-56(47)65-60(48)55)43-33-34-54-58(38-43)64-57-32-16-28-52-59(57)63(54)53-29-13-12-27-51(53)61(52)49-25-10-7-21-45(49)46-22-8-11-26-50(46)61/h1-38H. The Kier molecular flexibility index (Phi) is 7.57. The van der Waals surface area contributed by atoms with Crippen molar-refractivity contribution in [2.45, 2.75) is 5.41 Å². The molecule has 0 radical (unpaired) electrons. The highest BCUT2D eigenvalue weighted by atomic mass is 16.5. The smallest absolute Gasteiger partial charge is 0.159 e. The number of anilines is 6. The molecule has 0 bridgehead atoms. The van der Waals surface area contributed by atoms with E-state index in [2.05, 4.69) is 234 Å². The van der Waals surface area contributed by atoms with E-state index in [0.717, 1.165) is 89.8 Å². The Bertz CT molecular complexity index is 3620. The number of ether oxygens (including phenoxy) is 1. The van der Waals surface area contributed by atoms with Crippen LogP contribution in [0.1, 0.15) is 22.3 Å². The van der Waals surface area contributed by atoms with Crippen molar-refractivity contribution in [2.75, 3.05) is 9.80 Å². The molecule has 4 nitrogen and oxygen atoms in total. The maximum atomic E-state index is 7.21. The predicted octanol–water partition coefficient (Wildman–Crippen LogP) is 16.6. The van der Waals surface area contributed by atoms with Crippen molar-refractivity contribution in [2.24, 2.45) is 0 Å². The summed E-state index contributed by atoms with van der Waals surface area (Å²) in [6.45, 7) is 0. The maximum Gasteiger partial charge on any atom is 0.159 e. The molecule has 11 aromatic rings. The zero-order valence-corrected chi connectivity index (χ0v) is 35.2. The number of benzene rings is 10. The average molecular weight is 831 g/mol. The Labute approximate surface area is 376 Å². The summed E-state index contributed by atoms with van der Waals surface area (Å²) >= 11 is 0. The number of para-hydroxylation sites is 4. The van der Waals surface area contributed by atoms with Crippen molar-refractivity contribution < 1.29 is 9.15 Å². The monoisotopic (exact) mass is 830 g/mol. The number of hydrogen-bond donors (Lipinski definition) is 0. The van der Waals surface area contributed by atoms with E-state index < -0.39 is 5.41 Å². The fourth-order valence-electron chi connectivity index (χ4n) is 11.2. The van der Waals surface area contributed by atoms with Gasteiger partial charge in [-0.1, -0.05) is 170 Å². The second-order valence-electron chi connectivity index (χ2n) is 17.2. The highest BCUT2D eigenvalue weighted by Gasteiger charge is 2.53. The van der Waals surface area contributed by atoms with Crippen LogP contribution in [0, 0.1) is 0 Å². The first kappa shape index (κ1) is 35.9. The van der Waals surface area contributed by atoms with Gasteiger partial charge < -0.3 is 19.0 Å². The molecule has 2 aliphatic heterocycles. The van der Waals surface area contributed by atoms with Gasteiger partial charge in [0, 0.05) is 22.5 Å². The van der Waals surface area contributed by atoms with Crippen molar-refractivity contribution >= 4 is 56.1 Å². The van der Waals surface area contributed by atoms with Crippen molar-refractivity contribution in [3.8, 4) is 44.9 Å². The summed E-state index contributed by atoms with van der Waals surface area (Å²) in [6, 6.07) is 83.0. The van der Waals surface area contributed by atoms with Crippen molar-refractivity contribution in [1.29, 1.82) is 0 Å². The first-order valence-corrected chi connectivity index (χ1v) is 22.2. The quantitative estimate of drug-likeness (QED) is 0.173. The molecular weight excluding hydrogens is 793 g/mol. The summed E-state index contributed by atoms with van der Waals surface area (Å²) in [6.07, 6.45) is 0. The highest BCUT2D eigenvalue weighted by Crippen LogP contribution is 2.67. The van der Waals surface area contributed by atoms with E-state index in [1.807, 2.05) is 6.07 Å². The number of nitrogens with zero attached hydrogens (tertiary/aromatic N) is 2. The van der Waals surface area contributed by atoms with Gasteiger partial charge in [0.05, 0.1) is 33.9 Å². The molecule has 65 heavy (non-hydrogen) atoms. The number of fused-ring (bicyclic) bond motifs is 14.